The lowest BCUT2D eigenvalue weighted by Crippen LogP contribution is -2.15. The van der Waals surface area contributed by atoms with E-state index in [0.717, 1.165) is 24.9 Å². The van der Waals surface area contributed by atoms with Gasteiger partial charge in [-0.1, -0.05) is 11.2 Å². The van der Waals surface area contributed by atoms with Crippen molar-refractivity contribution in [1.29, 1.82) is 0 Å². The summed E-state index contributed by atoms with van der Waals surface area (Å²) in [5.74, 6) is 0.877. The van der Waals surface area contributed by atoms with E-state index < -0.39 is 0 Å². The van der Waals surface area contributed by atoms with E-state index in [0.29, 0.717) is 0 Å². The number of nitrogens with zero attached hydrogens (tertiary/aromatic N) is 2. The van der Waals surface area contributed by atoms with Crippen LogP contribution in [-0.2, 0) is 13.1 Å². The predicted octanol–water partition coefficient (Wildman–Crippen LogP) is 2.93. The van der Waals surface area contributed by atoms with E-state index in [1.54, 1.807) is 6.20 Å². The highest BCUT2D eigenvalue weighted by Gasteiger charge is 2.19. The molecule has 0 amide bonds. The minimum absolute atomic E-state index is 0.725. The van der Waals surface area contributed by atoms with Crippen LogP contribution in [-0.4, -0.2) is 15.8 Å². The second-order valence-corrected chi connectivity index (χ2v) is 5.47. The fourth-order valence-corrected chi connectivity index (χ4v) is 2.54. The molecule has 1 N–H and O–H groups in total. The Kier molecular flexibility index (Phi) is 2.81. The van der Waals surface area contributed by atoms with Gasteiger partial charge in [0.15, 0.2) is 5.76 Å². The highest BCUT2D eigenvalue weighted by Crippen LogP contribution is 2.21. The molecule has 4 rings (SSSR count). The Morgan fingerprint density at radius 3 is 3.00 bits per heavy atom. The molecular formula is C16H17N3O. The molecule has 1 saturated carbocycles. The third kappa shape index (κ3) is 2.34. The van der Waals surface area contributed by atoms with Gasteiger partial charge < -0.3 is 14.4 Å². The molecule has 2 aromatic heterocycles. The first-order valence-electron chi connectivity index (χ1n) is 7.09. The number of hydrogen-bond donors (Lipinski definition) is 1. The maximum Gasteiger partial charge on any atom is 0.156 e. The number of hydrogen-bond acceptors (Lipinski definition) is 3. The number of rotatable bonds is 5. The number of benzene rings is 1. The normalized spacial score (nSPS) is 15.0. The first-order valence-corrected chi connectivity index (χ1v) is 7.09. The molecule has 0 saturated heterocycles. The Bertz CT molecular complexity index is 710. The fraction of sp³-hybridized carbons (Fsp3) is 0.312. The summed E-state index contributed by atoms with van der Waals surface area (Å²) in [6.07, 6.45) is 6.44. The summed E-state index contributed by atoms with van der Waals surface area (Å²) in [5, 5.41) is 8.58. The molecule has 2 heterocycles. The van der Waals surface area contributed by atoms with E-state index >= 15 is 0 Å². The molecule has 0 unspecified atom stereocenters. The summed E-state index contributed by atoms with van der Waals surface area (Å²) in [6.45, 7) is 1.69. The van der Waals surface area contributed by atoms with Crippen LogP contribution in [0.15, 0.2) is 47.2 Å². The third-order valence-corrected chi connectivity index (χ3v) is 3.83. The predicted molar refractivity (Wildman–Crippen MR) is 77.4 cm³/mol. The van der Waals surface area contributed by atoms with Gasteiger partial charge in [0.25, 0.3) is 0 Å². The standard InChI is InChI=1S/C16H17N3O/c1-4-16-13(9-12(1)10-17-14-2-3-14)6-8-19(16)11-15-5-7-18-20-15/h1,4-9,14,17H,2-3,10-11H2. The van der Waals surface area contributed by atoms with Crippen molar-refractivity contribution in [3.8, 4) is 0 Å². The minimum Gasteiger partial charge on any atom is -0.359 e. The van der Waals surface area contributed by atoms with Crippen LogP contribution in [0, 0.1) is 0 Å². The van der Waals surface area contributed by atoms with Gasteiger partial charge in [-0.05, 0) is 42.0 Å². The van der Waals surface area contributed by atoms with Gasteiger partial charge in [-0.2, -0.15) is 0 Å². The van der Waals surface area contributed by atoms with Gasteiger partial charge in [-0.3, -0.25) is 0 Å². The van der Waals surface area contributed by atoms with Crippen molar-refractivity contribution in [2.24, 2.45) is 0 Å². The van der Waals surface area contributed by atoms with Gasteiger partial charge in [-0.15, -0.1) is 0 Å². The van der Waals surface area contributed by atoms with E-state index in [2.05, 4.69) is 45.5 Å². The Labute approximate surface area is 117 Å². The van der Waals surface area contributed by atoms with Crippen molar-refractivity contribution in [3.63, 3.8) is 0 Å². The van der Waals surface area contributed by atoms with Crippen molar-refractivity contribution >= 4 is 10.9 Å². The molecule has 102 valence electrons. The van der Waals surface area contributed by atoms with E-state index in [9.17, 15) is 0 Å². The zero-order valence-corrected chi connectivity index (χ0v) is 11.2. The fourth-order valence-electron chi connectivity index (χ4n) is 2.54. The molecule has 1 aromatic carbocycles. The Morgan fingerprint density at radius 2 is 2.20 bits per heavy atom. The zero-order chi connectivity index (χ0) is 13.4. The van der Waals surface area contributed by atoms with Crippen molar-refractivity contribution < 1.29 is 4.52 Å². The quantitative estimate of drug-likeness (QED) is 0.773. The summed E-state index contributed by atoms with van der Waals surface area (Å²) in [7, 11) is 0. The molecule has 1 aliphatic rings. The number of nitrogens with one attached hydrogen (secondary N) is 1. The smallest absolute Gasteiger partial charge is 0.156 e. The molecule has 0 aliphatic heterocycles. The average Bonchev–Trinajstić information content (AvgIpc) is 3.00. The molecule has 0 radical (unpaired) electrons. The van der Waals surface area contributed by atoms with Crippen molar-refractivity contribution in [3.05, 3.63) is 54.0 Å². The van der Waals surface area contributed by atoms with Gasteiger partial charge in [0.1, 0.15) is 0 Å². The van der Waals surface area contributed by atoms with E-state index in [-0.39, 0.29) is 0 Å². The topological polar surface area (TPSA) is 43.0 Å². The number of fused-ring (bicyclic) bond motifs is 1. The molecular weight excluding hydrogens is 250 g/mol. The Morgan fingerprint density at radius 1 is 1.25 bits per heavy atom. The van der Waals surface area contributed by atoms with Gasteiger partial charge in [-0.25, -0.2) is 0 Å². The van der Waals surface area contributed by atoms with Crippen molar-refractivity contribution in [2.75, 3.05) is 0 Å². The highest BCUT2D eigenvalue weighted by atomic mass is 16.5. The van der Waals surface area contributed by atoms with Gasteiger partial charge >= 0.3 is 0 Å². The molecule has 4 nitrogen and oxygen atoms in total. The van der Waals surface area contributed by atoms with Crippen molar-refractivity contribution in [1.82, 2.24) is 15.0 Å². The van der Waals surface area contributed by atoms with Crippen molar-refractivity contribution in [2.45, 2.75) is 32.0 Å². The van der Waals surface area contributed by atoms with Crippen LogP contribution in [0.3, 0.4) is 0 Å². The molecule has 1 aliphatic carbocycles. The van der Waals surface area contributed by atoms with Crippen LogP contribution in [0.2, 0.25) is 0 Å². The third-order valence-electron chi connectivity index (χ3n) is 3.83. The van der Waals surface area contributed by atoms with Crippen LogP contribution in [0.4, 0.5) is 0 Å². The minimum atomic E-state index is 0.725. The van der Waals surface area contributed by atoms with Crippen LogP contribution in [0.5, 0.6) is 0 Å². The second kappa shape index (κ2) is 4.80. The Hall–Kier alpha value is -2.07. The molecule has 20 heavy (non-hydrogen) atoms. The SMILES string of the molecule is c1cc(Cn2ccc3cc(CNC4CC4)ccc32)on1. The van der Waals surface area contributed by atoms with Crippen LogP contribution in [0.1, 0.15) is 24.2 Å². The molecule has 0 bridgehead atoms. The van der Waals surface area contributed by atoms with Gasteiger partial charge in [0, 0.05) is 30.4 Å². The summed E-state index contributed by atoms with van der Waals surface area (Å²) < 4.78 is 7.36. The molecule has 1 fully saturated rings. The van der Waals surface area contributed by atoms with Crippen LogP contribution >= 0.6 is 0 Å². The largest absolute Gasteiger partial charge is 0.359 e. The van der Waals surface area contributed by atoms with E-state index in [4.69, 9.17) is 4.52 Å². The van der Waals surface area contributed by atoms with Crippen LogP contribution < -0.4 is 5.32 Å². The monoisotopic (exact) mass is 267 g/mol. The molecule has 3 aromatic rings. The Balaban J connectivity index is 1.57. The summed E-state index contributed by atoms with van der Waals surface area (Å²) in [5.41, 5.74) is 2.58. The summed E-state index contributed by atoms with van der Waals surface area (Å²) >= 11 is 0. The molecule has 4 heteroatoms. The lowest BCUT2D eigenvalue weighted by molar-refractivity contribution is 0.378. The second-order valence-electron chi connectivity index (χ2n) is 5.47. The maximum atomic E-state index is 5.17. The lowest BCUT2D eigenvalue weighted by Gasteiger charge is -2.05. The lowest BCUT2D eigenvalue weighted by atomic mass is 10.1. The molecule has 0 spiro atoms. The van der Waals surface area contributed by atoms with Gasteiger partial charge in [0.05, 0.1) is 12.7 Å². The maximum absolute atomic E-state index is 5.17. The van der Waals surface area contributed by atoms with Gasteiger partial charge in [0.2, 0.25) is 0 Å². The number of aromatic nitrogens is 2. The van der Waals surface area contributed by atoms with E-state index in [1.807, 2.05) is 6.07 Å². The first-order chi connectivity index (χ1) is 9.88. The summed E-state index contributed by atoms with van der Waals surface area (Å²) in [6, 6.07) is 11.5. The van der Waals surface area contributed by atoms with E-state index in [1.165, 1.54) is 29.3 Å². The molecule has 0 atom stereocenters. The summed E-state index contributed by atoms with van der Waals surface area (Å²) in [4.78, 5) is 0. The average molecular weight is 267 g/mol. The highest BCUT2D eigenvalue weighted by molar-refractivity contribution is 5.81. The van der Waals surface area contributed by atoms with Crippen LogP contribution in [0.25, 0.3) is 10.9 Å². The zero-order valence-electron chi connectivity index (χ0n) is 11.2. The first kappa shape index (κ1) is 11.7.